The van der Waals surface area contributed by atoms with Gasteiger partial charge in [-0.25, -0.2) is 8.42 Å². The lowest BCUT2D eigenvalue weighted by Crippen LogP contribution is -2.37. The molecule has 0 bridgehead atoms. The molecular formula is C13H27NO2S. The Bertz CT molecular complexity index is 313. The van der Waals surface area contributed by atoms with Crippen molar-refractivity contribution in [3.8, 4) is 0 Å². The first-order chi connectivity index (χ1) is 7.98. The van der Waals surface area contributed by atoms with Crippen molar-refractivity contribution < 1.29 is 8.42 Å². The zero-order valence-electron chi connectivity index (χ0n) is 11.4. The van der Waals surface area contributed by atoms with Crippen LogP contribution in [0.1, 0.15) is 46.5 Å². The zero-order chi connectivity index (χ0) is 12.9. The molecule has 0 aromatic rings. The van der Waals surface area contributed by atoms with E-state index in [1.165, 1.54) is 0 Å². The molecule has 0 radical (unpaired) electrons. The van der Waals surface area contributed by atoms with E-state index in [0.29, 0.717) is 29.4 Å². The van der Waals surface area contributed by atoms with Crippen LogP contribution < -0.4 is 5.32 Å². The molecule has 1 rings (SSSR count). The molecule has 17 heavy (non-hydrogen) atoms. The molecule has 1 N–H and O–H groups in total. The van der Waals surface area contributed by atoms with E-state index in [4.69, 9.17) is 0 Å². The quantitative estimate of drug-likeness (QED) is 0.764. The van der Waals surface area contributed by atoms with Gasteiger partial charge in [-0.2, -0.15) is 0 Å². The van der Waals surface area contributed by atoms with E-state index in [9.17, 15) is 8.42 Å². The highest BCUT2D eigenvalue weighted by molar-refractivity contribution is 7.91. The van der Waals surface area contributed by atoms with Gasteiger partial charge in [-0.1, -0.05) is 27.2 Å². The summed E-state index contributed by atoms with van der Waals surface area (Å²) in [4.78, 5) is 0. The lowest BCUT2D eigenvalue weighted by Gasteiger charge is -2.26. The molecule has 1 aliphatic heterocycles. The highest BCUT2D eigenvalue weighted by Gasteiger charge is 2.30. The summed E-state index contributed by atoms with van der Waals surface area (Å²) in [5.41, 5.74) is 0. The van der Waals surface area contributed by atoms with Gasteiger partial charge < -0.3 is 5.32 Å². The van der Waals surface area contributed by atoms with Gasteiger partial charge >= 0.3 is 0 Å². The first-order valence-corrected chi connectivity index (χ1v) is 8.74. The fourth-order valence-electron chi connectivity index (χ4n) is 2.55. The van der Waals surface area contributed by atoms with Crippen molar-refractivity contribution >= 4 is 9.84 Å². The average Bonchev–Trinajstić information content (AvgIpc) is 2.63. The van der Waals surface area contributed by atoms with Gasteiger partial charge in [0, 0.05) is 6.04 Å². The van der Waals surface area contributed by atoms with E-state index >= 15 is 0 Å². The SMILES string of the molecule is CCCNC(CC1CCS(=O)(=O)C1)C(C)CC. The summed E-state index contributed by atoms with van der Waals surface area (Å²) < 4.78 is 22.9. The van der Waals surface area contributed by atoms with Crippen molar-refractivity contribution in [2.24, 2.45) is 11.8 Å². The zero-order valence-corrected chi connectivity index (χ0v) is 12.2. The third kappa shape index (κ3) is 4.96. The maximum Gasteiger partial charge on any atom is 0.150 e. The minimum Gasteiger partial charge on any atom is -0.314 e. The Labute approximate surface area is 106 Å². The van der Waals surface area contributed by atoms with Gasteiger partial charge in [0.2, 0.25) is 0 Å². The lowest BCUT2D eigenvalue weighted by atomic mass is 9.89. The topological polar surface area (TPSA) is 46.2 Å². The van der Waals surface area contributed by atoms with Crippen molar-refractivity contribution in [3.05, 3.63) is 0 Å². The fraction of sp³-hybridized carbons (Fsp3) is 1.00. The van der Waals surface area contributed by atoms with E-state index < -0.39 is 9.84 Å². The molecule has 1 fully saturated rings. The van der Waals surface area contributed by atoms with Crippen LogP contribution in [0.25, 0.3) is 0 Å². The predicted octanol–water partition coefficient (Wildman–Crippen LogP) is 2.23. The summed E-state index contributed by atoms with van der Waals surface area (Å²) >= 11 is 0. The number of rotatable bonds is 7. The molecule has 3 atom stereocenters. The van der Waals surface area contributed by atoms with Crippen molar-refractivity contribution in [3.63, 3.8) is 0 Å². The van der Waals surface area contributed by atoms with Crippen LogP contribution in [0.4, 0.5) is 0 Å². The summed E-state index contributed by atoms with van der Waals surface area (Å²) in [7, 11) is -2.72. The molecule has 4 heteroatoms. The standard InChI is InChI=1S/C13H27NO2S/c1-4-7-14-13(11(3)5-2)9-12-6-8-17(15,16)10-12/h11-14H,4-10H2,1-3H3. The molecule has 3 unspecified atom stereocenters. The van der Waals surface area contributed by atoms with Crippen LogP contribution >= 0.6 is 0 Å². The van der Waals surface area contributed by atoms with Crippen LogP contribution in [0.5, 0.6) is 0 Å². The molecule has 0 aromatic carbocycles. The molecule has 102 valence electrons. The normalized spacial score (nSPS) is 26.9. The Morgan fingerprint density at radius 3 is 2.53 bits per heavy atom. The van der Waals surface area contributed by atoms with Crippen LogP contribution in [0.3, 0.4) is 0 Å². The van der Waals surface area contributed by atoms with E-state index in [0.717, 1.165) is 32.2 Å². The molecule has 0 amide bonds. The Hall–Kier alpha value is -0.0900. The molecule has 1 saturated heterocycles. The average molecular weight is 261 g/mol. The first kappa shape index (κ1) is 15.0. The Morgan fingerprint density at radius 2 is 2.06 bits per heavy atom. The summed E-state index contributed by atoms with van der Waals surface area (Å²) in [6, 6.07) is 0.484. The minimum atomic E-state index is -2.72. The van der Waals surface area contributed by atoms with Gasteiger partial charge in [-0.05, 0) is 37.6 Å². The van der Waals surface area contributed by atoms with Crippen LogP contribution in [0, 0.1) is 11.8 Å². The monoisotopic (exact) mass is 261 g/mol. The maximum atomic E-state index is 11.5. The Morgan fingerprint density at radius 1 is 1.35 bits per heavy atom. The van der Waals surface area contributed by atoms with E-state index in [-0.39, 0.29) is 0 Å². The number of hydrogen-bond donors (Lipinski definition) is 1. The highest BCUT2D eigenvalue weighted by atomic mass is 32.2. The second-order valence-electron chi connectivity index (χ2n) is 5.45. The van der Waals surface area contributed by atoms with E-state index in [2.05, 4.69) is 26.1 Å². The summed E-state index contributed by atoms with van der Waals surface area (Å²) in [6.45, 7) is 7.67. The second-order valence-corrected chi connectivity index (χ2v) is 7.68. The molecule has 0 saturated carbocycles. The molecule has 1 aliphatic rings. The van der Waals surface area contributed by atoms with Gasteiger partial charge in [0.15, 0.2) is 9.84 Å². The van der Waals surface area contributed by atoms with Gasteiger partial charge in [-0.3, -0.25) is 0 Å². The van der Waals surface area contributed by atoms with Crippen molar-refractivity contribution in [1.29, 1.82) is 0 Å². The molecule has 0 spiro atoms. The van der Waals surface area contributed by atoms with Crippen LogP contribution in [-0.4, -0.2) is 32.5 Å². The van der Waals surface area contributed by atoms with E-state index in [1.807, 2.05) is 0 Å². The molecular weight excluding hydrogens is 234 g/mol. The predicted molar refractivity (Wildman–Crippen MR) is 72.9 cm³/mol. The smallest absolute Gasteiger partial charge is 0.150 e. The van der Waals surface area contributed by atoms with Gasteiger partial charge in [0.05, 0.1) is 11.5 Å². The summed E-state index contributed by atoms with van der Waals surface area (Å²) in [5, 5.41) is 3.58. The summed E-state index contributed by atoms with van der Waals surface area (Å²) in [6.07, 6.45) is 4.17. The Balaban J connectivity index is 2.48. The van der Waals surface area contributed by atoms with Crippen LogP contribution in [0.2, 0.25) is 0 Å². The third-order valence-corrected chi connectivity index (χ3v) is 5.74. The maximum absolute atomic E-state index is 11.5. The molecule has 1 heterocycles. The van der Waals surface area contributed by atoms with Crippen molar-refractivity contribution in [2.75, 3.05) is 18.1 Å². The number of hydrogen-bond acceptors (Lipinski definition) is 3. The second kappa shape index (κ2) is 6.74. The largest absolute Gasteiger partial charge is 0.314 e. The number of sulfone groups is 1. The van der Waals surface area contributed by atoms with Crippen LogP contribution in [-0.2, 0) is 9.84 Å². The first-order valence-electron chi connectivity index (χ1n) is 6.92. The van der Waals surface area contributed by atoms with Crippen LogP contribution in [0.15, 0.2) is 0 Å². The highest BCUT2D eigenvalue weighted by Crippen LogP contribution is 2.25. The van der Waals surface area contributed by atoms with E-state index in [1.54, 1.807) is 0 Å². The molecule has 3 nitrogen and oxygen atoms in total. The molecule has 0 aliphatic carbocycles. The molecule has 0 aromatic heterocycles. The van der Waals surface area contributed by atoms with Gasteiger partial charge in [0.25, 0.3) is 0 Å². The van der Waals surface area contributed by atoms with Gasteiger partial charge in [0.1, 0.15) is 0 Å². The van der Waals surface area contributed by atoms with Crippen molar-refractivity contribution in [2.45, 2.75) is 52.5 Å². The third-order valence-electron chi connectivity index (χ3n) is 3.90. The minimum absolute atomic E-state index is 0.378. The Kier molecular flexibility index (Phi) is 5.93. The summed E-state index contributed by atoms with van der Waals surface area (Å²) in [5.74, 6) is 1.82. The lowest BCUT2D eigenvalue weighted by molar-refractivity contribution is 0.310. The number of nitrogens with one attached hydrogen (secondary N) is 1. The fourth-order valence-corrected chi connectivity index (χ4v) is 4.43. The van der Waals surface area contributed by atoms with Gasteiger partial charge in [-0.15, -0.1) is 0 Å². The van der Waals surface area contributed by atoms with Crippen molar-refractivity contribution in [1.82, 2.24) is 5.32 Å².